The van der Waals surface area contributed by atoms with Crippen LogP contribution in [0.4, 0.5) is 21.5 Å². The van der Waals surface area contributed by atoms with Crippen LogP contribution in [0, 0.1) is 5.82 Å². The summed E-state index contributed by atoms with van der Waals surface area (Å²) in [5, 5.41) is 9.74. The Balaban J connectivity index is 1.61. The summed E-state index contributed by atoms with van der Waals surface area (Å²) in [7, 11) is 0. The number of anilines is 3. The van der Waals surface area contributed by atoms with Crippen molar-refractivity contribution >= 4 is 63.5 Å². The van der Waals surface area contributed by atoms with Crippen LogP contribution in [0.5, 0.6) is 0 Å². The van der Waals surface area contributed by atoms with Crippen molar-refractivity contribution in [3.05, 3.63) is 88.2 Å². The zero-order valence-electron chi connectivity index (χ0n) is 14.3. The fraction of sp³-hybridized carbons (Fsp3) is 0. The molecular formula is C20H14Cl2FN3OS. The van der Waals surface area contributed by atoms with Crippen LogP contribution in [0.15, 0.2) is 66.7 Å². The molecule has 0 heterocycles. The largest absolute Gasteiger partial charge is 0.332 e. The standard InChI is InChI=1S/C20H14Cl2FN3OS/c21-15-5-3-7-17(18(15)22)26-20(28)25-13-10-8-12(9-11-13)24-19(27)14-4-1-2-6-16(14)23/h1-11H,(H,24,27)(H2,25,26,28). The minimum atomic E-state index is -0.575. The molecule has 1 amide bonds. The lowest BCUT2D eigenvalue weighted by atomic mass is 10.2. The molecule has 0 aliphatic heterocycles. The van der Waals surface area contributed by atoms with E-state index in [0.717, 1.165) is 0 Å². The Morgan fingerprint density at radius 2 is 1.46 bits per heavy atom. The molecule has 0 unspecified atom stereocenters. The molecule has 0 saturated heterocycles. The van der Waals surface area contributed by atoms with E-state index in [1.165, 1.54) is 18.2 Å². The predicted molar refractivity (Wildman–Crippen MR) is 117 cm³/mol. The molecule has 142 valence electrons. The number of nitrogens with one attached hydrogen (secondary N) is 3. The average Bonchev–Trinajstić information content (AvgIpc) is 2.67. The highest BCUT2D eigenvalue weighted by molar-refractivity contribution is 7.80. The van der Waals surface area contributed by atoms with Gasteiger partial charge in [-0.3, -0.25) is 4.79 Å². The maximum atomic E-state index is 13.7. The van der Waals surface area contributed by atoms with Crippen LogP contribution in [-0.4, -0.2) is 11.0 Å². The molecule has 0 bridgehead atoms. The van der Waals surface area contributed by atoms with E-state index in [1.54, 1.807) is 48.5 Å². The lowest BCUT2D eigenvalue weighted by Gasteiger charge is -2.13. The number of amides is 1. The minimum Gasteiger partial charge on any atom is -0.332 e. The Hall–Kier alpha value is -2.67. The van der Waals surface area contributed by atoms with Gasteiger partial charge in [0, 0.05) is 11.4 Å². The number of halogens is 3. The van der Waals surface area contributed by atoms with E-state index < -0.39 is 11.7 Å². The van der Waals surface area contributed by atoms with Crippen molar-refractivity contribution in [2.75, 3.05) is 16.0 Å². The van der Waals surface area contributed by atoms with Gasteiger partial charge in [-0.15, -0.1) is 0 Å². The quantitative estimate of drug-likeness (QED) is 0.429. The lowest BCUT2D eigenvalue weighted by molar-refractivity contribution is 0.102. The van der Waals surface area contributed by atoms with E-state index in [9.17, 15) is 9.18 Å². The average molecular weight is 434 g/mol. The number of thiocarbonyl (C=S) groups is 1. The first-order valence-corrected chi connectivity index (χ1v) is 9.28. The summed E-state index contributed by atoms with van der Waals surface area (Å²) in [6.07, 6.45) is 0. The van der Waals surface area contributed by atoms with Crippen molar-refractivity contribution < 1.29 is 9.18 Å². The fourth-order valence-electron chi connectivity index (χ4n) is 2.37. The zero-order chi connectivity index (χ0) is 20.1. The Kier molecular flexibility index (Phi) is 6.46. The Morgan fingerprint density at radius 3 is 2.14 bits per heavy atom. The zero-order valence-corrected chi connectivity index (χ0v) is 16.6. The van der Waals surface area contributed by atoms with Gasteiger partial charge in [0.25, 0.3) is 5.91 Å². The summed E-state index contributed by atoms with van der Waals surface area (Å²) in [5.41, 5.74) is 1.78. The molecular weight excluding hydrogens is 420 g/mol. The van der Waals surface area contributed by atoms with E-state index >= 15 is 0 Å². The van der Waals surface area contributed by atoms with Crippen LogP contribution >= 0.6 is 35.4 Å². The first-order valence-electron chi connectivity index (χ1n) is 8.12. The van der Waals surface area contributed by atoms with Gasteiger partial charge in [0.15, 0.2) is 5.11 Å². The van der Waals surface area contributed by atoms with Crippen molar-refractivity contribution in [2.45, 2.75) is 0 Å². The molecule has 3 rings (SSSR count). The predicted octanol–water partition coefficient (Wildman–Crippen LogP) is 6.19. The smallest absolute Gasteiger partial charge is 0.258 e. The summed E-state index contributed by atoms with van der Waals surface area (Å²) in [6.45, 7) is 0. The first-order chi connectivity index (χ1) is 13.4. The van der Waals surface area contributed by atoms with E-state index in [0.29, 0.717) is 32.2 Å². The Bertz CT molecular complexity index is 1030. The summed E-state index contributed by atoms with van der Waals surface area (Å²) in [6, 6.07) is 17.8. The topological polar surface area (TPSA) is 53.2 Å². The third-order valence-corrected chi connectivity index (χ3v) is 4.74. The summed E-state index contributed by atoms with van der Waals surface area (Å²) in [5.74, 6) is -1.10. The molecule has 0 radical (unpaired) electrons. The number of rotatable bonds is 4. The molecule has 0 aromatic heterocycles. The van der Waals surface area contributed by atoms with Crippen molar-refractivity contribution in [1.29, 1.82) is 0 Å². The lowest BCUT2D eigenvalue weighted by Crippen LogP contribution is -2.19. The van der Waals surface area contributed by atoms with Crippen LogP contribution in [0.25, 0.3) is 0 Å². The second-order valence-electron chi connectivity index (χ2n) is 5.69. The van der Waals surface area contributed by atoms with E-state index in [1.807, 2.05) is 0 Å². The highest BCUT2D eigenvalue weighted by Gasteiger charge is 2.11. The number of benzene rings is 3. The molecule has 3 N–H and O–H groups in total. The van der Waals surface area contributed by atoms with Crippen LogP contribution in [-0.2, 0) is 0 Å². The molecule has 0 fully saturated rings. The summed E-state index contributed by atoms with van der Waals surface area (Å²) in [4.78, 5) is 12.1. The minimum absolute atomic E-state index is 0.0199. The van der Waals surface area contributed by atoms with Crippen LogP contribution < -0.4 is 16.0 Å². The van der Waals surface area contributed by atoms with E-state index in [4.69, 9.17) is 35.4 Å². The molecule has 3 aromatic rings. The summed E-state index contributed by atoms with van der Waals surface area (Å²) >= 11 is 17.4. The van der Waals surface area contributed by atoms with Gasteiger partial charge in [0.05, 0.1) is 21.3 Å². The fourth-order valence-corrected chi connectivity index (χ4v) is 2.94. The van der Waals surface area contributed by atoms with Crippen molar-refractivity contribution in [3.8, 4) is 0 Å². The second-order valence-corrected chi connectivity index (χ2v) is 6.89. The number of carbonyl (C=O) groups is 1. The van der Waals surface area contributed by atoms with Gasteiger partial charge in [-0.05, 0) is 60.7 Å². The van der Waals surface area contributed by atoms with Gasteiger partial charge >= 0.3 is 0 Å². The van der Waals surface area contributed by atoms with Gasteiger partial charge in [-0.25, -0.2) is 4.39 Å². The first kappa shape index (κ1) is 20.1. The van der Waals surface area contributed by atoms with Crippen LogP contribution in [0.2, 0.25) is 10.0 Å². The molecule has 28 heavy (non-hydrogen) atoms. The normalized spacial score (nSPS) is 10.2. The third kappa shape index (κ3) is 4.98. The number of carbonyl (C=O) groups excluding carboxylic acids is 1. The van der Waals surface area contributed by atoms with E-state index in [-0.39, 0.29) is 5.56 Å². The van der Waals surface area contributed by atoms with E-state index in [2.05, 4.69) is 16.0 Å². The SMILES string of the molecule is O=C(Nc1ccc(NC(=S)Nc2cccc(Cl)c2Cl)cc1)c1ccccc1F. The summed E-state index contributed by atoms with van der Waals surface area (Å²) < 4.78 is 13.7. The van der Waals surface area contributed by atoms with Gasteiger partial charge < -0.3 is 16.0 Å². The van der Waals surface area contributed by atoms with Gasteiger partial charge in [-0.1, -0.05) is 41.4 Å². The Morgan fingerprint density at radius 1 is 0.821 bits per heavy atom. The van der Waals surface area contributed by atoms with Gasteiger partial charge in [0.1, 0.15) is 5.82 Å². The number of hydrogen-bond acceptors (Lipinski definition) is 2. The third-order valence-electron chi connectivity index (χ3n) is 3.72. The molecule has 0 saturated carbocycles. The van der Waals surface area contributed by atoms with Crippen molar-refractivity contribution in [1.82, 2.24) is 0 Å². The maximum Gasteiger partial charge on any atom is 0.258 e. The van der Waals surface area contributed by atoms with Crippen molar-refractivity contribution in [3.63, 3.8) is 0 Å². The Labute approximate surface area is 176 Å². The molecule has 3 aromatic carbocycles. The number of hydrogen-bond donors (Lipinski definition) is 3. The van der Waals surface area contributed by atoms with Gasteiger partial charge in [-0.2, -0.15) is 0 Å². The van der Waals surface area contributed by atoms with Gasteiger partial charge in [0.2, 0.25) is 0 Å². The van der Waals surface area contributed by atoms with Crippen LogP contribution in [0.3, 0.4) is 0 Å². The molecule has 0 spiro atoms. The van der Waals surface area contributed by atoms with Crippen LogP contribution in [0.1, 0.15) is 10.4 Å². The molecule has 0 atom stereocenters. The molecule has 4 nitrogen and oxygen atoms in total. The molecule has 8 heteroatoms. The molecule has 0 aliphatic carbocycles. The van der Waals surface area contributed by atoms with Crippen molar-refractivity contribution in [2.24, 2.45) is 0 Å². The second kappa shape index (κ2) is 9.01. The highest BCUT2D eigenvalue weighted by atomic mass is 35.5. The molecule has 0 aliphatic rings. The monoisotopic (exact) mass is 433 g/mol. The maximum absolute atomic E-state index is 13.7. The highest BCUT2D eigenvalue weighted by Crippen LogP contribution is 2.29.